The number of carbonyl (C=O) groups is 1. The van der Waals surface area contributed by atoms with Crippen LogP contribution >= 0.6 is 67.8 Å². The first-order chi connectivity index (χ1) is 8.95. The molecule has 2 N–H and O–H groups in total. The molecule has 0 saturated carbocycles. The predicted octanol–water partition coefficient (Wildman–Crippen LogP) is 2.51. The van der Waals surface area contributed by atoms with Crippen LogP contribution in [-0.2, 0) is 4.79 Å². The van der Waals surface area contributed by atoms with Crippen molar-refractivity contribution in [3.8, 4) is 0 Å². The highest BCUT2D eigenvalue weighted by atomic mass is 127. The third-order valence-electron chi connectivity index (χ3n) is 2.89. The number of carbonyl (C=O) groups excluding carboxylic acids is 1. The van der Waals surface area contributed by atoms with Gasteiger partial charge < -0.3 is 10.4 Å². The van der Waals surface area contributed by atoms with E-state index in [1.165, 1.54) is 0 Å². The smallest absolute Gasteiger partial charge is 0.238 e. The topological polar surface area (TPSA) is 52.6 Å². The number of β-amino-alcohol motifs (C(OH)–C–C–N with tert-alkyl or cyclic N) is 1. The highest BCUT2D eigenvalue weighted by Crippen LogP contribution is 2.27. The van der Waals surface area contributed by atoms with E-state index in [1.54, 1.807) is 0 Å². The van der Waals surface area contributed by atoms with Crippen molar-refractivity contribution in [3.63, 3.8) is 0 Å². The number of likely N-dealkylation sites (tertiary alicyclic amines) is 1. The molecule has 19 heavy (non-hydrogen) atoms. The van der Waals surface area contributed by atoms with E-state index < -0.39 is 0 Å². The first-order valence-electron chi connectivity index (χ1n) is 5.80. The summed E-state index contributed by atoms with van der Waals surface area (Å²) in [6.45, 7) is 1.72. The van der Waals surface area contributed by atoms with Crippen molar-refractivity contribution in [3.05, 3.63) is 22.8 Å². The molecule has 1 amide bonds. The molecule has 0 unspecified atom stereocenters. The summed E-state index contributed by atoms with van der Waals surface area (Å²) in [5, 5.41) is 12.4. The van der Waals surface area contributed by atoms with Crippen LogP contribution in [0.3, 0.4) is 0 Å². The van der Waals surface area contributed by atoms with E-state index in [9.17, 15) is 9.90 Å². The second kappa shape index (κ2) is 7.18. The maximum atomic E-state index is 12.0. The lowest BCUT2D eigenvalue weighted by Gasteiger charge is -2.16. The molecular weight excluding hydrogens is 585 g/mol. The number of aliphatic hydroxyl groups excluding tert-OH is 1. The zero-order chi connectivity index (χ0) is 14.0. The lowest BCUT2D eigenvalue weighted by Crippen LogP contribution is -2.32. The number of benzene rings is 1. The maximum Gasteiger partial charge on any atom is 0.238 e. The third kappa shape index (κ3) is 4.64. The van der Waals surface area contributed by atoms with Gasteiger partial charge in [0.1, 0.15) is 0 Å². The SMILES string of the molecule is O=C(CN1CC[C@H](O)C1)Nc1c(I)cc(I)cc1I. The summed E-state index contributed by atoms with van der Waals surface area (Å²) in [6.07, 6.45) is 0.470. The Labute approximate surface area is 153 Å². The van der Waals surface area contributed by atoms with Gasteiger partial charge in [-0.15, -0.1) is 0 Å². The third-order valence-corrected chi connectivity index (χ3v) is 5.21. The number of hydrogen-bond donors (Lipinski definition) is 2. The fraction of sp³-hybridized carbons (Fsp3) is 0.417. The Hall–Kier alpha value is 0.800. The second-order valence-corrected chi connectivity index (χ2v) is 8.04. The summed E-state index contributed by atoms with van der Waals surface area (Å²) in [5.41, 5.74) is 0.881. The maximum absolute atomic E-state index is 12.0. The van der Waals surface area contributed by atoms with Crippen molar-refractivity contribution < 1.29 is 9.90 Å². The standard InChI is InChI=1S/C12H13I3N2O2/c13-7-3-9(14)12(10(15)4-7)16-11(19)6-17-2-1-8(18)5-17/h3-4,8,18H,1-2,5-6H2,(H,16,19)/t8-/m0/s1. The van der Waals surface area contributed by atoms with E-state index >= 15 is 0 Å². The summed E-state index contributed by atoms with van der Waals surface area (Å²) >= 11 is 6.74. The van der Waals surface area contributed by atoms with Crippen LogP contribution in [0.5, 0.6) is 0 Å². The van der Waals surface area contributed by atoms with E-state index in [0.717, 1.165) is 29.4 Å². The number of hydrogen-bond acceptors (Lipinski definition) is 3. The van der Waals surface area contributed by atoms with Crippen LogP contribution in [0.15, 0.2) is 12.1 Å². The molecule has 7 heteroatoms. The quantitative estimate of drug-likeness (QED) is 0.527. The lowest BCUT2D eigenvalue weighted by molar-refractivity contribution is -0.117. The number of halogens is 3. The fourth-order valence-corrected chi connectivity index (χ4v) is 5.85. The van der Waals surface area contributed by atoms with Gasteiger partial charge in [0.2, 0.25) is 5.91 Å². The molecule has 1 aliphatic heterocycles. The summed E-state index contributed by atoms with van der Waals surface area (Å²) < 4.78 is 3.25. The van der Waals surface area contributed by atoms with Crippen molar-refractivity contribution in [1.29, 1.82) is 0 Å². The first-order valence-corrected chi connectivity index (χ1v) is 9.04. The van der Waals surface area contributed by atoms with Gasteiger partial charge in [-0.05, 0) is 86.3 Å². The Bertz CT molecular complexity index is 473. The Morgan fingerprint density at radius 3 is 2.53 bits per heavy atom. The first kappa shape index (κ1) is 16.2. The normalized spacial score (nSPS) is 19.7. The van der Waals surface area contributed by atoms with E-state index in [4.69, 9.17) is 0 Å². The zero-order valence-corrected chi connectivity index (χ0v) is 16.5. The monoisotopic (exact) mass is 598 g/mol. The van der Waals surface area contributed by atoms with Crippen molar-refractivity contribution >= 4 is 79.4 Å². The van der Waals surface area contributed by atoms with Crippen LogP contribution in [0.25, 0.3) is 0 Å². The Morgan fingerprint density at radius 2 is 2.00 bits per heavy atom. The van der Waals surface area contributed by atoms with Crippen LogP contribution < -0.4 is 5.32 Å². The minimum Gasteiger partial charge on any atom is -0.392 e. The summed E-state index contributed by atoms with van der Waals surface area (Å²) in [4.78, 5) is 14.0. The number of nitrogens with zero attached hydrogens (tertiary/aromatic N) is 1. The molecule has 1 heterocycles. The van der Waals surface area contributed by atoms with Gasteiger partial charge in [0, 0.05) is 23.8 Å². The van der Waals surface area contributed by atoms with Gasteiger partial charge in [-0.1, -0.05) is 0 Å². The van der Waals surface area contributed by atoms with Gasteiger partial charge in [0.05, 0.1) is 18.3 Å². The molecule has 0 aliphatic carbocycles. The molecule has 0 bridgehead atoms. The molecule has 1 aromatic rings. The molecule has 2 rings (SSSR count). The minimum atomic E-state index is -0.286. The minimum absolute atomic E-state index is 0.0221. The van der Waals surface area contributed by atoms with Crippen molar-refractivity contribution in [2.75, 3.05) is 25.0 Å². The Kier molecular flexibility index (Phi) is 6.11. The number of aliphatic hydroxyl groups is 1. The van der Waals surface area contributed by atoms with Crippen LogP contribution in [0.1, 0.15) is 6.42 Å². The van der Waals surface area contributed by atoms with Gasteiger partial charge in [-0.25, -0.2) is 0 Å². The summed E-state index contributed by atoms with van der Waals surface area (Å²) in [6, 6.07) is 4.08. The van der Waals surface area contributed by atoms with Gasteiger partial charge in [0.25, 0.3) is 0 Å². The van der Waals surface area contributed by atoms with Crippen molar-refractivity contribution in [2.45, 2.75) is 12.5 Å². The number of anilines is 1. The van der Waals surface area contributed by atoms with E-state index in [0.29, 0.717) is 13.1 Å². The highest BCUT2D eigenvalue weighted by molar-refractivity contribution is 14.1. The molecule has 0 aromatic heterocycles. The molecule has 1 fully saturated rings. The second-order valence-electron chi connectivity index (χ2n) is 4.47. The Balaban J connectivity index is 1.99. The van der Waals surface area contributed by atoms with Crippen LogP contribution in [0, 0.1) is 10.7 Å². The van der Waals surface area contributed by atoms with Crippen LogP contribution in [-0.4, -0.2) is 41.7 Å². The van der Waals surface area contributed by atoms with Gasteiger partial charge in [0.15, 0.2) is 0 Å². The molecule has 1 saturated heterocycles. The number of rotatable bonds is 3. The number of nitrogens with one attached hydrogen (secondary N) is 1. The molecule has 104 valence electrons. The molecule has 0 radical (unpaired) electrons. The molecule has 0 spiro atoms. The molecule has 1 atom stereocenters. The van der Waals surface area contributed by atoms with Crippen molar-refractivity contribution in [1.82, 2.24) is 4.90 Å². The molecule has 1 aliphatic rings. The molecule has 4 nitrogen and oxygen atoms in total. The zero-order valence-electron chi connectivity index (χ0n) is 10.00. The van der Waals surface area contributed by atoms with E-state index in [1.807, 2.05) is 17.0 Å². The predicted molar refractivity (Wildman–Crippen MR) is 100 cm³/mol. The fourth-order valence-electron chi connectivity index (χ4n) is 2.00. The van der Waals surface area contributed by atoms with Gasteiger partial charge in [-0.2, -0.15) is 0 Å². The Morgan fingerprint density at radius 1 is 1.37 bits per heavy atom. The number of amides is 1. The van der Waals surface area contributed by atoms with Crippen LogP contribution in [0.2, 0.25) is 0 Å². The molecular formula is C12H13I3N2O2. The van der Waals surface area contributed by atoms with E-state index in [2.05, 4.69) is 73.1 Å². The highest BCUT2D eigenvalue weighted by Gasteiger charge is 2.22. The van der Waals surface area contributed by atoms with Crippen LogP contribution in [0.4, 0.5) is 5.69 Å². The van der Waals surface area contributed by atoms with E-state index in [-0.39, 0.29) is 12.0 Å². The average Bonchev–Trinajstić information content (AvgIpc) is 2.69. The average molecular weight is 598 g/mol. The van der Waals surface area contributed by atoms with Gasteiger partial charge >= 0.3 is 0 Å². The lowest BCUT2D eigenvalue weighted by atomic mass is 10.3. The van der Waals surface area contributed by atoms with Crippen molar-refractivity contribution in [2.24, 2.45) is 0 Å². The summed E-state index contributed by atoms with van der Waals surface area (Å²) in [7, 11) is 0. The van der Waals surface area contributed by atoms with Gasteiger partial charge in [-0.3, -0.25) is 9.69 Å². The molecule has 1 aromatic carbocycles. The largest absolute Gasteiger partial charge is 0.392 e. The summed E-state index contributed by atoms with van der Waals surface area (Å²) in [5.74, 6) is -0.0221.